The summed E-state index contributed by atoms with van der Waals surface area (Å²) in [5.41, 5.74) is 15.5. The molecule has 0 bridgehead atoms. The minimum absolute atomic E-state index is 0. The number of anilines is 1. The smallest absolute Gasteiger partial charge is 0.191 e. The molecule has 0 unspecified atom stereocenters. The number of likely N-dealkylation sites (tertiary alicyclic amines) is 1. The van der Waals surface area contributed by atoms with Crippen LogP contribution < -0.4 is 11.5 Å². The van der Waals surface area contributed by atoms with Crippen molar-refractivity contribution in [1.82, 2.24) is 14.7 Å². The molecule has 1 saturated heterocycles. The SMILES string of the molecule is Cc1ccc(-n2nc(CCCN=C(N)N3CCCCCC3)c(C#N)c2N)cc1.I. The number of aliphatic imine (C=N–C) groups is 1. The fourth-order valence-electron chi connectivity index (χ4n) is 3.50. The molecule has 2 aromatic rings. The average Bonchev–Trinajstić information content (AvgIpc) is 2.87. The lowest BCUT2D eigenvalue weighted by molar-refractivity contribution is 0.428. The minimum atomic E-state index is 0. The van der Waals surface area contributed by atoms with E-state index < -0.39 is 0 Å². The Balaban J connectivity index is 0.00000300. The summed E-state index contributed by atoms with van der Waals surface area (Å²) in [4.78, 5) is 6.71. The second-order valence-corrected chi connectivity index (χ2v) is 7.31. The van der Waals surface area contributed by atoms with Crippen LogP contribution in [0.5, 0.6) is 0 Å². The molecular formula is C21H30IN7. The van der Waals surface area contributed by atoms with Gasteiger partial charge in [-0.25, -0.2) is 4.68 Å². The van der Waals surface area contributed by atoms with Crippen LogP contribution in [0.3, 0.4) is 0 Å². The molecular weight excluding hydrogens is 477 g/mol. The Kier molecular flexibility index (Phi) is 8.76. The summed E-state index contributed by atoms with van der Waals surface area (Å²) in [7, 11) is 0. The third-order valence-electron chi connectivity index (χ3n) is 5.16. The Labute approximate surface area is 189 Å². The van der Waals surface area contributed by atoms with Crippen molar-refractivity contribution >= 4 is 35.8 Å². The summed E-state index contributed by atoms with van der Waals surface area (Å²) in [6, 6.07) is 10.1. The first-order valence-electron chi connectivity index (χ1n) is 9.99. The average molecular weight is 507 g/mol. The molecule has 156 valence electrons. The molecule has 1 fully saturated rings. The lowest BCUT2D eigenvalue weighted by Crippen LogP contribution is -2.38. The van der Waals surface area contributed by atoms with Crippen molar-refractivity contribution < 1.29 is 0 Å². The third kappa shape index (κ3) is 5.85. The van der Waals surface area contributed by atoms with E-state index in [0.29, 0.717) is 36.0 Å². The number of hydrogen-bond donors (Lipinski definition) is 2. The summed E-state index contributed by atoms with van der Waals surface area (Å²) < 4.78 is 1.64. The van der Waals surface area contributed by atoms with Crippen molar-refractivity contribution in [3.05, 3.63) is 41.1 Å². The number of aromatic nitrogens is 2. The van der Waals surface area contributed by atoms with E-state index in [9.17, 15) is 5.26 Å². The zero-order valence-corrected chi connectivity index (χ0v) is 19.3. The van der Waals surface area contributed by atoms with Crippen molar-refractivity contribution in [2.24, 2.45) is 10.7 Å². The molecule has 0 aliphatic carbocycles. The molecule has 3 rings (SSSR count). The first kappa shape index (κ1) is 23.0. The first-order chi connectivity index (χ1) is 13.6. The molecule has 1 aromatic carbocycles. The van der Waals surface area contributed by atoms with Crippen LogP contribution in [-0.4, -0.2) is 40.3 Å². The zero-order chi connectivity index (χ0) is 19.9. The number of nitrogen functional groups attached to an aromatic ring is 1. The van der Waals surface area contributed by atoms with Gasteiger partial charge in [0.25, 0.3) is 0 Å². The molecule has 0 amide bonds. The van der Waals surface area contributed by atoms with Crippen molar-refractivity contribution in [2.45, 2.75) is 45.4 Å². The number of nitrogens with zero attached hydrogens (tertiary/aromatic N) is 5. The van der Waals surface area contributed by atoms with Crippen LogP contribution in [0, 0.1) is 18.3 Å². The number of rotatable bonds is 5. The highest BCUT2D eigenvalue weighted by atomic mass is 127. The number of aryl methyl sites for hydroxylation is 2. The van der Waals surface area contributed by atoms with Gasteiger partial charge in [-0.1, -0.05) is 30.5 Å². The van der Waals surface area contributed by atoms with Crippen molar-refractivity contribution in [1.29, 1.82) is 5.26 Å². The van der Waals surface area contributed by atoms with E-state index in [1.54, 1.807) is 4.68 Å². The molecule has 29 heavy (non-hydrogen) atoms. The summed E-state index contributed by atoms with van der Waals surface area (Å²) in [6.45, 7) is 4.63. The topological polar surface area (TPSA) is 109 Å². The predicted molar refractivity (Wildman–Crippen MR) is 128 cm³/mol. The Morgan fingerprint density at radius 3 is 2.45 bits per heavy atom. The van der Waals surface area contributed by atoms with Gasteiger partial charge in [0.05, 0.1) is 11.4 Å². The Morgan fingerprint density at radius 1 is 1.17 bits per heavy atom. The maximum absolute atomic E-state index is 9.51. The summed E-state index contributed by atoms with van der Waals surface area (Å²) in [6.07, 6.45) is 6.31. The molecule has 4 N–H and O–H groups in total. The number of nitriles is 1. The number of nitrogens with two attached hydrogens (primary N) is 2. The molecule has 7 nitrogen and oxygen atoms in total. The third-order valence-corrected chi connectivity index (χ3v) is 5.16. The first-order valence-corrected chi connectivity index (χ1v) is 9.99. The lowest BCUT2D eigenvalue weighted by Gasteiger charge is -2.21. The minimum Gasteiger partial charge on any atom is -0.382 e. The highest BCUT2D eigenvalue weighted by molar-refractivity contribution is 14.0. The normalized spacial score (nSPS) is 14.8. The molecule has 1 aromatic heterocycles. The monoisotopic (exact) mass is 507 g/mol. The van der Waals surface area contributed by atoms with E-state index in [2.05, 4.69) is 21.1 Å². The number of hydrogen-bond acceptors (Lipinski definition) is 4. The zero-order valence-electron chi connectivity index (χ0n) is 17.0. The maximum atomic E-state index is 9.51. The van der Waals surface area contributed by atoms with Gasteiger partial charge in [0.1, 0.15) is 17.5 Å². The van der Waals surface area contributed by atoms with Gasteiger partial charge in [-0.05, 0) is 44.7 Å². The molecule has 0 spiro atoms. The van der Waals surface area contributed by atoms with Crippen molar-refractivity contribution in [2.75, 3.05) is 25.4 Å². The largest absolute Gasteiger partial charge is 0.382 e. The van der Waals surface area contributed by atoms with Crippen LogP contribution in [0.2, 0.25) is 0 Å². The number of benzene rings is 1. The standard InChI is InChI=1S/C21H29N7.HI/c1-16-8-10-17(11-9-16)28-20(23)18(15-22)19(26-28)7-6-12-25-21(24)27-13-4-2-3-5-14-27;/h8-11H,2-7,12-14,23H2,1H3,(H2,24,25);1H. The van der Waals surface area contributed by atoms with E-state index in [1.807, 2.05) is 31.2 Å². The molecule has 0 atom stereocenters. The Hall–Kier alpha value is -2.28. The van der Waals surface area contributed by atoms with Gasteiger partial charge < -0.3 is 16.4 Å². The molecule has 0 radical (unpaired) electrons. The van der Waals surface area contributed by atoms with Crippen LogP contribution in [0.25, 0.3) is 5.69 Å². The number of guanidine groups is 1. The van der Waals surface area contributed by atoms with Gasteiger partial charge in [-0.3, -0.25) is 4.99 Å². The Bertz CT molecular complexity index is 856. The highest BCUT2D eigenvalue weighted by Crippen LogP contribution is 2.22. The second-order valence-electron chi connectivity index (χ2n) is 7.31. The molecule has 8 heteroatoms. The quantitative estimate of drug-likeness (QED) is 0.279. The fourth-order valence-corrected chi connectivity index (χ4v) is 3.50. The maximum Gasteiger partial charge on any atom is 0.191 e. The van der Waals surface area contributed by atoms with Crippen LogP contribution in [-0.2, 0) is 6.42 Å². The molecule has 2 heterocycles. The van der Waals surface area contributed by atoms with Gasteiger partial charge in [0, 0.05) is 19.6 Å². The van der Waals surface area contributed by atoms with E-state index in [-0.39, 0.29) is 24.0 Å². The van der Waals surface area contributed by atoms with Gasteiger partial charge >= 0.3 is 0 Å². The fraction of sp³-hybridized carbons (Fsp3) is 0.476. The summed E-state index contributed by atoms with van der Waals surface area (Å²) >= 11 is 0. The summed E-state index contributed by atoms with van der Waals surface area (Å²) in [5, 5.41) is 14.1. The lowest BCUT2D eigenvalue weighted by atomic mass is 10.1. The van der Waals surface area contributed by atoms with Gasteiger partial charge in [0.15, 0.2) is 5.96 Å². The van der Waals surface area contributed by atoms with Crippen LogP contribution in [0.4, 0.5) is 5.82 Å². The van der Waals surface area contributed by atoms with Gasteiger partial charge in [-0.15, -0.1) is 24.0 Å². The van der Waals surface area contributed by atoms with Crippen LogP contribution >= 0.6 is 24.0 Å². The van der Waals surface area contributed by atoms with Crippen LogP contribution in [0.15, 0.2) is 29.3 Å². The second kappa shape index (κ2) is 11.0. The van der Waals surface area contributed by atoms with Gasteiger partial charge in [-0.2, -0.15) is 10.4 Å². The predicted octanol–water partition coefficient (Wildman–Crippen LogP) is 3.38. The number of halogens is 1. The van der Waals surface area contributed by atoms with E-state index in [0.717, 1.165) is 30.8 Å². The summed E-state index contributed by atoms with van der Waals surface area (Å²) in [5.74, 6) is 1.01. The highest BCUT2D eigenvalue weighted by Gasteiger charge is 2.16. The van der Waals surface area contributed by atoms with Crippen molar-refractivity contribution in [3.8, 4) is 11.8 Å². The Morgan fingerprint density at radius 2 is 1.83 bits per heavy atom. The van der Waals surface area contributed by atoms with E-state index in [1.165, 1.54) is 25.7 Å². The van der Waals surface area contributed by atoms with E-state index in [4.69, 9.17) is 11.5 Å². The van der Waals surface area contributed by atoms with Gasteiger partial charge in [0.2, 0.25) is 0 Å². The van der Waals surface area contributed by atoms with E-state index >= 15 is 0 Å². The van der Waals surface area contributed by atoms with Crippen molar-refractivity contribution in [3.63, 3.8) is 0 Å². The molecule has 1 aliphatic heterocycles. The van der Waals surface area contributed by atoms with Crippen LogP contribution in [0.1, 0.15) is 48.9 Å². The molecule has 0 saturated carbocycles. The molecule has 1 aliphatic rings.